The summed E-state index contributed by atoms with van der Waals surface area (Å²) in [5.74, 6) is -2.24. The Bertz CT molecular complexity index is 894. The largest absolute Gasteiger partial charge is 0.481 e. The molecule has 3 heterocycles. The van der Waals surface area contributed by atoms with E-state index in [1.807, 2.05) is 0 Å². The van der Waals surface area contributed by atoms with E-state index in [-0.39, 0.29) is 36.5 Å². The zero-order chi connectivity index (χ0) is 19.7. The van der Waals surface area contributed by atoms with Crippen molar-refractivity contribution in [3.05, 3.63) is 10.4 Å². The lowest BCUT2D eigenvalue weighted by molar-refractivity contribution is -0.468. The molecule has 0 saturated heterocycles. The van der Waals surface area contributed by atoms with Crippen LogP contribution in [0.25, 0.3) is 0 Å². The maximum absolute atomic E-state index is 12.4. The summed E-state index contributed by atoms with van der Waals surface area (Å²) < 4.78 is 1.57. The van der Waals surface area contributed by atoms with Gasteiger partial charge in [0.15, 0.2) is 11.9 Å². The van der Waals surface area contributed by atoms with Gasteiger partial charge in [0.25, 0.3) is 0 Å². The molecular weight excluding hydrogens is 362 g/mol. The van der Waals surface area contributed by atoms with Gasteiger partial charge >= 0.3 is 23.5 Å². The number of nitrogens with two attached hydrogens (primary N) is 1. The highest BCUT2D eigenvalue weighted by Crippen LogP contribution is 2.26. The van der Waals surface area contributed by atoms with Crippen LogP contribution < -0.4 is 21.9 Å². The van der Waals surface area contributed by atoms with E-state index in [0.717, 1.165) is 0 Å². The molecule has 0 aliphatic carbocycles. The number of nitrogen functional groups attached to an aromatic ring is 1. The SMILES string of the molecule is Nc1nc2c(c(=O)[nH]1)[N+]1=CN(C(=O)NC(CCC(=O)O)C(=O)O)CC1CN2. The van der Waals surface area contributed by atoms with E-state index < -0.39 is 36.0 Å². The summed E-state index contributed by atoms with van der Waals surface area (Å²) in [7, 11) is 0. The fourth-order valence-electron chi connectivity index (χ4n) is 2.96. The second-order valence-electron chi connectivity index (χ2n) is 6.13. The minimum absolute atomic E-state index is 0.0405. The Hall–Kier alpha value is -3.64. The van der Waals surface area contributed by atoms with Crippen LogP contribution in [0.4, 0.5) is 22.2 Å². The van der Waals surface area contributed by atoms with Gasteiger partial charge in [0.05, 0.1) is 6.54 Å². The molecular formula is C14H18N7O6+. The van der Waals surface area contributed by atoms with Crippen molar-refractivity contribution in [2.45, 2.75) is 24.9 Å². The Morgan fingerprint density at radius 2 is 2.19 bits per heavy atom. The summed E-state index contributed by atoms with van der Waals surface area (Å²) in [6.07, 6.45) is 0.753. The maximum atomic E-state index is 12.4. The molecule has 27 heavy (non-hydrogen) atoms. The van der Waals surface area contributed by atoms with Crippen LogP contribution in [0.1, 0.15) is 12.8 Å². The lowest BCUT2D eigenvalue weighted by Gasteiger charge is -2.20. The number of fused-ring (bicyclic) bond motifs is 3. The molecule has 0 bridgehead atoms. The molecule has 2 amide bonds. The number of carbonyl (C=O) groups is 3. The van der Waals surface area contributed by atoms with Crippen LogP contribution in [0.2, 0.25) is 0 Å². The van der Waals surface area contributed by atoms with Crippen molar-refractivity contribution in [1.82, 2.24) is 20.2 Å². The number of hydrogen-bond donors (Lipinski definition) is 6. The van der Waals surface area contributed by atoms with Crippen LogP contribution in [0.15, 0.2) is 4.79 Å². The summed E-state index contributed by atoms with van der Waals surface area (Å²) in [6.45, 7) is 0.595. The molecule has 0 saturated carbocycles. The van der Waals surface area contributed by atoms with Gasteiger partial charge in [-0.1, -0.05) is 0 Å². The lowest BCUT2D eigenvalue weighted by atomic mass is 10.1. The predicted octanol–water partition coefficient (Wildman–Crippen LogP) is -1.84. The van der Waals surface area contributed by atoms with E-state index in [1.165, 1.54) is 11.2 Å². The summed E-state index contributed by atoms with van der Waals surface area (Å²) in [5.41, 5.74) is 5.25. The van der Waals surface area contributed by atoms with Crippen LogP contribution >= 0.6 is 0 Å². The van der Waals surface area contributed by atoms with Crippen molar-refractivity contribution in [1.29, 1.82) is 0 Å². The van der Waals surface area contributed by atoms with Crippen molar-refractivity contribution < 1.29 is 29.2 Å². The Labute approximate surface area is 151 Å². The van der Waals surface area contributed by atoms with Crippen molar-refractivity contribution in [2.24, 2.45) is 0 Å². The predicted molar refractivity (Wildman–Crippen MR) is 91.1 cm³/mol. The summed E-state index contributed by atoms with van der Waals surface area (Å²) in [6, 6.07) is -2.30. The average Bonchev–Trinajstić information content (AvgIpc) is 3.01. The molecule has 2 unspecified atom stereocenters. The van der Waals surface area contributed by atoms with Gasteiger partial charge in [-0.15, -0.1) is 0 Å². The molecule has 1 aromatic rings. The van der Waals surface area contributed by atoms with Gasteiger partial charge in [-0.2, -0.15) is 9.88 Å². The van der Waals surface area contributed by atoms with Gasteiger partial charge in [-0.3, -0.25) is 14.6 Å². The number of urea groups is 1. The zero-order valence-electron chi connectivity index (χ0n) is 14.0. The standard InChI is InChI=1S/C14H17N7O6/c15-13-18-10-9(11(24)19-13)21-5-20(4-6(21)3-16-10)14(27)17-7(12(25)26)1-2-8(22)23/h5-7H,1-4H2,(H6-,15,16,17,18,19,22,23,24,25,26,27)/p+1. The summed E-state index contributed by atoms with van der Waals surface area (Å²) >= 11 is 0. The monoisotopic (exact) mass is 380 g/mol. The molecule has 13 nitrogen and oxygen atoms in total. The number of carboxylic acid groups (broad SMARTS) is 2. The van der Waals surface area contributed by atoms with Gasteiger partial charge in [-0.25, -0.2) is 14.2 Å². The van der Waals surface area contributed by atoms with Crippen molar-refractivity contribution in [3.8, 4) is 0 Å². The molecule has 144 valence electrons. The van der Waals surface area contributed by atoms with E-state index in [1.54, 1.807) is 4.58 Å². The number of H-pyrrole nitrogens is 1. The minimum Gasteiger partial charge on any atom is -0.481 e. The van der Waals surface area contributed by atoms with Gasteiger partial charge in [0, 0.05) is 6.42 Å². The van der Waals surface area contributed by atoms with Crippen molar-refractivity contribution >= 4 is 41.8 Å². The van der Waals surface area contributed by atoms with Crippen LogP contribution in [0, 0.1) is 0 Å². The fraction of sp³-hybridized carbons (Fsp3) is 0.429. The molecule has 0 spiro atoms. The topological polar surface area (TPSA) is 194 Å². The number of nitrogens with zero attached hydrogens (tertiary/aromatic N) is 3. The summed E-state index contributed by atoms with van der Waals surface area (Å²) in [4.78, 5) is 54.1. The molecule has 0 radical (unpaired) electrons. The number of carbonyl (C=O) groups excluding carboxylic acids is 1. The van der Waals surface area contributed by atoms with Gasteiger partial charge in [0.2, 0.25) is 18.0 Å². The van der Waals surface area contributed by atoms with Crippen LogP contribution in [-0.4, -0.2) is 79.1 Å². The Kier molecular flexibility index (Phi) is 4.66. The zero-order valence-corrected chi connectivity index (χ0v) is 14.0. The van der Waals surface area contributed by atoms with Crippen molar-refractivity contribution in [3.63, 3.8) is 0 Å². The molecule has 13 heteroatoms. The third-order valence-electron chi connectivity index (χ3n) is 4.24. The smallest absolute Gasteiger partial charge is 0.409 e. The molecule has 3 rings (SSSR count). The first-order valence-corrected chi connectivity index (χ1v) is 8.05. The molecule has 7 N–H and O–H groups in total. The number of aromatic nitrogens is 2. The first-order chi connectivity index (χ1) is 12.8. The number of anilines is 2. The third-order valence-corrected chi connectivity index (χ3v) is 4.24. The number of aliphatic carboxylic acids is 2. The molecule has 0 aromatic carbocycles. The molecule has 2 atom stereocenters. The third kappa shape index (κ3) is 3.65. The Morgan fingerprint density at radius 1 is 1.44 bits per heavy atom. The van der Waals surface area contributed by atoms with E-state index in [4.69, 9.17) is 15.9 Å². The fourth-order valence-corrected chi connectivity index (χ4v) is 2.96. The van der Waals surface area contributed by atoms with E-state index in [2.05, 4.69) is 20.6 Å². The Morgan fingerprint density at radius 3 is 2.85 bits per heavy atom. The molecule has 0 fully saturated rings. The van der Waals surface area contributed by atoms with Gasteiger partial charge in [-0.05, 0) is 6.42 Å². The number of rotatable bonds is 5. The number of hydrogen-bond acceptors (Lipinski definition) is 7. The van der Waals surface area contributed by atoms with Gasteiger partial charge < -0.3 is 26.6 Å². The molecule has 2 aliphatic rings. The van der Waals surface area contributed by atoms with E-state index in [0.29, 0.717) is 6.54 Å². The normalized spacial score (nSPS) is 18.6. The number of amides is 2. The summed E-state index contributed by atoms with van der Waals surface area (Å²) in [5, 5.41) is 23.1. The van der Waals surface area contributed by atoms with Crippen LogP contribution in [0.3, 0.4) is 0 Å². The first kappa shape index (κ1) is 18.2. The highest BCUT2D eigenvalue weighted by atomic mass is 16.4. The minimum atomic E-state index is -1.34. The average molecular weight is 380 g/mol. The van der Waals surface area contributed by atoms with Crippen LogP contribution in [0.5, 0.6) is 0 Å². The highest BCUT2D eigenvalue weighted by molar-refractivity contribution is 5.89. The Balaban J connectivity index is 1.78. The van der Waals surface area contributed by atoms with E-state index >= 15 is 0 Å². The molecule has 1 aromatic heterocycles. The highest BCUT2D eigenvalue weighted by Gasteiger charge is 2.42. The first-order valence-electron chi connectivity index (χ1n) is 8.05. The van der Waals surface area contributed by atoms with Crippen LogP contribution in [-0.2, 0) is 9.59 Å². The lowest BCUT2D eigenvalue weighted by Crippen LogP contribution is -2.48. The number of nitrogens with one attached hydrogen (secondary N) is 3. The second kappa shape index (κ2) is 6.93. The number of carboxylic acids is 2. The molecule has 2 aliphatic heterocycles. The van der Waals surface area contributed by atoms with E-state index in [9.17, 15) is 19.2 Å². The maximum Gasteiger partial charge on any atom is 0.409 e. The second-order valence-corrected chi connectivity index (χ2v) is 6.13. The van der Waals surface area contributed by atoms with Crippen molar-refractivity contribution in [2.75, 3.05) is 24.1 Å². The number of aromatic amines is 1. The van der Waals surface area contributed by atoms with Gasteiger partial charge in [0.1, 0.15) is 12.6 Å². The quantitative estimate of drug-likeness (QED) is 0.318.